The molecule has 1 aromatic heterocycles. The van der Waals surface area contributed by atoms with E-state index >= 15 is 0 Å². The lowest BCUT2D eigenvalue weighted by atomic mass is 10.1. The van der Waals surface area contributed by atoms with Crippen LogP contribution in [0.15, 0.2) is 53.9 Å². The number of methoxy groups -OCH3 is 1. The van der Waals surface area contributed by atoms with Crippen molar-refractivity contribution in [2.75, 3.05) is 27.7 Å². The molecule has 0 aliphatic carbocycles. The van der Waals surface area contributed by atoms with Crippen LogP contribution in [-0.4, -0.2) is 81.9 Å². The molecule has 12 nitrogen and oxygen atoms in total. The number of thiazole rings is 1. The minimum atomic E-state index is -1.82. The van der Waals surface area contributed by atoms with Gasteiger partial charge in [-0.15, -0.1) is 11.3 Å². The lowest BCUT2D eigenvalue weighted by Crippen LogP contribution is -2.30. The van der Waals surface area contributed by atoms with Gasteiger partial charge in [-0.05, 0) is 43.9 Å². The van der Waals surface area contributed by atoms with Gasteiger partial charge in [-0.25, -0.2) is 24.2 Å². The number of carboxylic acid groups (broad SMARTS) is 4. The first-order valence-corrected chi connectivity index (χ1v) is 12.2. The van der Waals surface area contributed by atoms with Crippen LogP contribution in [-0.2, 0) is 25.7 Å². The minimum absolute atomic E-state index is 0.283. The Kier molecular flexibility index (Phi) is 14.2. The standard InChI is InChI=1S/C21H24ClN3OS.2C2H2O4/c1-25(2)20(15-6-10-19(26-3)11-7-15)13-23-12-18-14-27-21(24-18)16-4-8-17(22)9-5-16;2*3-1(4)2(5)6/h4-11,14,20,23H,12-13H2,1-3H3;2*(H,3,4)(H,5,6). The maximum Gasteiger partial charge on any atom is 0.414 e. The molecule has 0 fully saturated rings. The van der Waals surface area contributed by atoms with Crippen LogP contribution in [0.2, 0.25) is 5.02 Å². The molecule has 1 atom stereocenters. The predicted molar refractivity (Wildman–Crippen MR) is 144 cm³/mol. The van der Waals surface area contributed by atoms with E-state index in [9.17, 15) is 0 Å². The molecule has 0 aliphatic heterocycles. The molecule has 3 rings (SSSR count). The number of aliphatic carboxylic acids is 4. The third kappa shape index (κ3) is 12.4. The summed E-state index contributed by atoms with van der Waals surface area (Å²) in [7, 11) is 5.88. The summed E-state index contributed by atoms with van der Waals surface area (Å²) in [5, 5.41) is 37.0. The zero-order valence-electron chi connectivity index (χ0n) is 21.2. The fraction of sp³-hybridized carbons (Fsp3) is 0.240. The average molecular weight is 582 g/mol. The molecule has 0 saturated carbocycles. The largest absolute Gasteiger partial charge is 0.497 e. The molecule has 0 aliphatic rings. The van der Waals surface area contributed by atoms with Gasteiger partial charge in [-0.2, -0.15) is 0 Å². The van der Waals surface area contributed by atoms with Crippen molar-refractivity contribution in [3.63, 3.8) is 0 Å². The lowest BCUT2D eigenvalue weighted by molar-refractivity contribution is -0.159. The van der Waals surface area contributed by atoms with Crippen LogP contribution in [0.25, 0.3) is 10.6 Å². The summed E-state index contributed by atoms with van der Waals surface area (Å²) in [6, 6.07) is 16.3. The number of benzene rings is 2. The van der Waals surface area contributed by atoms with Crippen molar-refractivity contribution >= 4 is 46.8 Å². The summed E-state index contributed by atoms with van der Waals surface area (Å²) in [6.07, 6.45) is 0. The SMILES string of the molecule is COc1ccc(C(CNCc2csc(-c3ccc(Cl)cc3)n2)N(C)C)cc1.O=C(O)C(=O)O.O=C(O)C(=O)O. The molecule has 0 saturated heterocycles. The van der Waals surface area contributed by atoms with Crippen LogP contribution < -0.4 is 10.1 Å². The summed E-state index contributed by atoms with van der Waals surface area (Å²) in [5.41, 5.74) is 3.41. The Hall–Kier alpha value is -4.04. The molecule has 0 radical (unpaired) electrons. The average Bonchev–Trinajstić information content (AvgIpc) is 3.36. The summed E-state index contributed by atoms with van der Waals surface area (Å²) < 4.78 is 5.25. The van der Waals surface area contributed by atoms with Gasteiger partial charge in [0.1, 0.15) is 10.8 Å². The molecule has 39 heavy (non-hydrogen) atoms. The predicted octanol–water partition coefficient (Wildman–Crippen LogP) is 3.18. The molecule has 0 spiro atoms. The Balaban J connectivity index is 0.000000530. The Bertz CT molecular complexity index is 1180. The molecule has 1 heterocycles. The molecule has 3 aromatic rings. The smallest absolute Gasteiger partial charge is 0.414 e. The van der Waals surface area contributed by atoms with Crippen molar-refractivity contribution in [2.24, 2.45) is 0 Å². The molecule has 1 unspecified atom stereocenters. The van der Waals surface area contributed by atoms with Gasteiger partial charge in [-0.1, -0.05) is 35.9 Å². The minimum Gasteiger partial charge on any atom is -0.497 e. The molecule has 0 amide bonds. The van der Waals surface area contributed by atoms with Crippen molar-refractivity contribution in [1.29, 1.82) is 0 Å². The van der Waals surface area contributed by atoms with Crippen molar-refractivity contribution in [3.8, 4) is 16.3 Å². The van der Waals surface area contributed by atoms with Gasteiger partial charge in [0.25, 0.3) is 0 Å². The number of carbonyl (C=O) groups is 4. The Labute approximate surface area is 233 Å². The summed E-state index contributed by atoms with van der Waals surface area (Å²) in [6.45, 7) is 1.58. The van der Waals surface area contributed by atoms with Gasteiger partial charge < -0.3 is 35.4 Å². The first-order chi connectivity index (χ1) is 18.3. The molecular formula is C25H28ClN3O9S. The van der Waals surface area contributed by atoms with Gasteiger partial charge in [0, 0.05) is 35.1 Å². The second-order valence-electron chi connectivity index (χ2n) is 7.75. The third-order valence-electron chi connectivity index (χ3n) is 4.78. The highest BCUT2D eigenvalue weighted by molar-refractivity contribution is 7.13. The molecule has 5 N–H and O–H groups in total. The lowest BCUT2D eigenvalue weighted by Gasteiger charge is -2.25. The fourth-order valence-electron chi connectivity index (χ4n) is 2.87. The van der Waals surface area contributed by atoms with Crippen LogP contribution >= 0.6 is 22.9 Å². The summed E-state index contributed by atoms with van der Waals surface area (Å²) in [5.74, 6) is -6.42. The second-order valence-corrected chi connectivity index (χ2v) is 9.05. The van der Waals surface area contributed by atoms with E-state index in [1.54, 1.807) is 18.4 Å². The summed E-state index contributed by atoms with van der Waals surface area (Å²) in [4.78, 5) is 43.3. The molecule has 2 aromatic carbocycles. The van der Waals surface area contributed by atoms with Crippen molar-refractivity contribution in [1.82, 2.24) is 15.2 Å². The summed E-state index contributed by atoms with van der Waals surface area (Å²) >= 11 is 7.61. The first kappa shape index (κ1) is 33.0. The number of likely N-dealkylation sites (N-methyl/N-ethyl adjacent to an activating group) is 1. The maximum absolute atomic E-state index is 9.10. The first-order valence-electron chi connectivity index (χ1n) is 11.0. The van der Waals surface area contributed by atoms with Crippen LogP contribution in [0.1, 0.15) is 17.3 Å². The highest BCUT2D eigenvalue weighted by Crippen LogP contribution is 2.25. The van der Waals surface area contributed by atoms with Gasteiger partial charge in [0.2, 0.25) is 0 Å². The second kappa shape index (κ2) is 16.7. The van der Waals surface area contributed by atoms with E-state index in [4.69, 9.17) is 60.9 Å². The fourth-order valence-corrected chi connectivity index (χ4v) is 3.83. The molecule has 0 bridgehead atoms. The van der Waals surface area contributed by atoms with E-state index < -0.39 is 23.9 Å². The van der Waals surface area contributed by atoms with E-state index in [1.165, 1.54) is 5.56 Å². The van der Waals surface area contributed by atoms with E-state index in [2.05, 4.69) is 41.8 Å². The van der Waals surface area contributed by atoms with Gasteiger partial charge in [0.05, 0.1) is 12.8 Å². The van der Waals surface area contributed by atoms with E-state index in [1.807, 2.05) is 36.4 Å². The van der Waals surface area contributed by atoms with Gasteiger partial charge >= 0.3 is 23.9 Å². The van der Waals surface area contributed by atoms with Crippen molar-refractivity contribution in [2.45, 2.75) is 12.6 Å². The Morgan fingerprint density at radius 2 is 1.44 bits per heavy atom. The van der Waals surface area contributed by atoms with E-state index in [-0.39, 0.29) is 6.04 Å². The van der Waals surface area contributed by atoms with E-state index in [0.29, 0.717) is 0 Å². The van der Waals surface area contributed by atoms with Crippen LogP contribution in [0.3, 0.4) is 0 Å². The van der Waals surface area contributed by atoms with Crippen LogP contribution in [0, 0.1) is 0 Å². The van der Waals surface area contributed by atoms with E-state index in [0.717, 1.165) is 40.1 Å². The number of carboxylic acids is 4. The van der Waals surface area contributed by atoms with Crippen molar-refractivity contribution < 1.29 is 44.3 Å². The number of aromatic nitrogens is 1. The number of hydrogen-bond donors (Lipinski definition) is 5. The molecular weight excluding hydrogens is 554 g/mol. The number of rotatable bonds is 8. The highest BCUT2D eigenvalue weighted by Gasteiger charge is 2.14. The zero-order chi connectivity index (χ0) is 29.5. The van der Waals surface area contributed by atoms with Gasteiger partial charge in [0.15, 0.2) is 0 Å². The normalized spacial score (nSPS) is 10.8. The van der Waals surface area contributed by atoms with Gasteiger partial charge in [-0.3, -0.25) is 0 Å². The monoisotopic (exact) mass is 581 g/mol. The number of nitrogens with zero attached hydrogens (tertiary/aromatic N) is 2. The third-order valence-corrected chi connectivity index (χ3v) is 5.97. The zero-order valence-corrected chi connectivity index (χ0v) is 22.8. The number of ether oxygens (including phenoxy) is 1. The Morgan fingerprint density at radius 1 is 0.923 bits per heavy atom. The molecule has 210 valence electrons. The van der Waals surface area contributed by atoms with Crippen molar-refractivity contribution in [3.05, 3.63) is 70.2 Å². The van der Waals surface area contributed by atoms with Crippen LogP contribution in [0.4, 0.5) is 0 Å². The number of halogens is 1. The number of nitrogens with one attached hydrogen (secondary N) is 1. The number of hydrogen-bond acceptors (Lipinski definition) is 9. The quantitative estimate of drug-likeness (QED) is 0.245. The maximum atomic E-state index is 9.10. The molecule has 14 heteroatoms. The van der Waals surface area contributed by atoms with Crippen LogP contribution in [0.5, 0.6) is 5.75 Å². The highest BCUT2D eigenvalue weighted by atomic mass is 35.5. The Morgan fingerprint density at radius 3 is 1.87 bits per heavy atom. The topological polar surface area (TPSA) is 187 Å².